The molecule has 2 atom stereocenters. The van der Waals surface area contributed by atoms with Crippen LogP contribution in [0.1, 0.15) is 64.7 Å². The van der Waals surface area contributed by atoms with Crippen molar-refractivity contribution in [1.82, 2.24) is 5.32 Å². The minimum atomic E-state index is -0.107. The third-order valence-electron chi connectivity index (χ3n) is 4.22. The first-order valence-corrected chi connectivity index (χ1v) is 6.65. The van der Waals surface area contributed by atoms with Crippen LogP contribution in [-0.4, -0.2) is 22.8 Å². The lowest BCUT2D eigenvalue weighted by Gasteiger charge is -2.33. The first-order valence-electron chi connectivity index (χ1n) is 6.65. The van der Waals surface area contributed by atoms with Gasteiger partial charge in [0.1, 0.15) is 0 Å². The van der Waals surface area contributed by atoms with Crippen LogP contribution in [0.3, 0.4) is 0 Å². The second-order valence-electron chi connectivity index (χ2n) is 5.72. The highest BCUT2D eigenvalue weighted by atomic mass is 16.3. The van der Waals surface area contributed by atoms with E-state index in [1.807, 2.05) is 0 Å². The van der Waals surface area contributed by atoms with Crippen LogP contribution in [0, 0.1) is 0 Å². The molecule has 15 heavy (non-hydrogen) atoms. The fourth-order valence-electron chi connectivity index (χ4n) is 3.20. The number of aliphatic hydroxyl groups excluding tert-OH is 1. The summed E-state index contributed by atoms with van der Waals surface area (Å²) >= 11 is 0. The molecule has 0 aromatic rings. The third-order valence-corrected chi connectivity index (χ3v) is 4.22. The van der Waals surface area contributed by atoms with Crippen LogP contribution in [0.2, 0.25) is 0 Å². The number of aliphatic hydroxyl groups is 1. The average molecular weight is 211 g/mol. The lowest BCUT2D eigenvalue weighted by atomic mass is 9.96. The molecule has 0 aromatic carbocycles. The largest absolute Gasteiger partial charge is 0.392 e. The summed E-state index contributed by atoms with van der Waals surface area (Å²) in [6.45, 7) is 2.33. The highest BCUT2D eigenvalue weighted by Gasteiger charge is 2.33. The molecular weight excluding hydrogens is 186 g/mol. The minimum absolute atomic E-state index is 0.107. The first-order chi connectivity index (χ1) is 7.20. The summed E-state index contributed by atoms with van der Waals surface area (Å²) in [6.07, 6.45) is 11.1. The molecule has 88 valence electrons. The molecule has 0 aliphatic heterocycles. The van der Waals surface area contributed by atoms with Crippen LogP contribution >= 0.6 is 0 Å². The van der Waals surface area contributed by atoms with Crippen molar-refractivity contribution in [3.8, 4) is 0 Å². The van der Waals surface area contributed by atoms with Gasteiger partial charge in [0.15, 0.2) is 0 Å². The van der Waals surface area contributed by atoms with Crippen LogP contribution in [0.5, 0.6) is 0 Å². The maximum Gasteiger partial charge on any atom is 0.0693 e. The van der Waals surface area contributed by atoms with Crippen LogP contribution in [0.15, 0.2) is 0 Å². The lowest BCUT2D eigenvalue weighted by molar-refractivity contribution is 0.101. The minimum Gasteiger partial charge on any atom is -0.392 e. The Bertz CT molecular complexity index is 199. The van der Waals surface area contributed by atoms with E-state index >= 15 is 0 Å². The first kappa shape index (κ1) is 11.4. The smallest absolute Gasteiger partial charge is 0.0693 e. The topological polar surface area (TPSA) is 32.3 Å². The molecule has 2 fully saturated rings. The number of nitrogens with one attached hydrogen (secondary N) is 1. The van der Waals surface area contributed by atoms with Crippen LogP contribution in [-0.2, 0) is 0 Å². The maximum absolute atomic E-state index is 10.1. The molecule has 0 heterocycles. The van der Waals surface area contributed by atoms with Gasteiger partial charge in [-0.15, -0.1) is 0 Å². The molecule has 2 aliphatic carbocycles. The normalized spacial score (nSPS) is 36.4. The zero-order valence-corrected chi connectivity index (χ0v) is 9.97. The van der Waals surface area contributed by atoms with Gasteiger partial charge in [0.2, 0.25) is 0 Å². The average Bonchev–Trinajstić information content (AvgIpc) is 2.53. The summed E-state index contributed by atoms with van der Waals surface area (Å²) < 4.78 is 0. The molecule has 2 rings (SSSR count). The van der Waals surface area contributed by atoms with Crippen molar-refractivity contribution in [3.05, 3.63) is 0 Å². The lowest BCUT2D eigenvalue weighted by Crippen LogP contribution is -2.50. The van der Waals surface area contributed by atoms with Gasteiger partial charge in [0.05, 0.1) is 6.10 Å². The van der Waals surface area contributed by atoms with Gasteiger partial charge in [-0.05, 0) is 32.6 Å². The molecule has 2 saturated carbocycles. The summed E-state index contributed by atoms with van der Waals surface area (Å²) in [5.74, 6) is 0. The van der Waals surface area contributed by atoms with E-state index in [0.29, 0.717) is 11.6 Å². The Morgan fingerprint density at radius 2 is 1.67 bits per heavy atom. The molecule has 0 saturated heterocycles. The molecule has 2 aliphatic rings. The number of hydrogen-bond acceptors (Lipinski definition) is 2. The molecule has 0 aromatic heterocycles. The molecule has 0 radical (unpaired) electrons. The molecule has 2 heteroatoms. The van der Waals surface area contributed by atoms with Crippen LogP contribution in [0.25, 0.3) is 0 Å². The van der Waals surface area contributed by atoms with Crippen molar-refractivity contribution >= 4 is 0 Å². The Balaban J connectivity index is 1.90. The summed E-state index contributed by atoms with van der Waals surface area (Å²) in [4.78, 5) is 0. The van der Waals surface area contributed by atoms with E-state index in [2.05, 4.69) is 12.2 Å². The fraction of sp³-hybridized carbons (Fsp3) is 1.00. The van der Waals surface area contributed by atoms with Gasteiger partial charge in [-0.1, -0.05) is 32.1 Å². The van der Waals surface area contributed by atoms with Crippen LogP contribution < -0.4 is 5.32 Å². The summed E-state index contributed by atoms with van der Waals surface area (Å²) in [7, 11) is 0. The Morgan fingerprint density at radius 3 is 2.40 bits per heavy atom. The second kappa shape index (κ2) is 4.84. The zero-order valence-electron chi connectivity index (χ0n) is 9.97. The third kappa shape index (κ3) is 2.94. The monoisotopic (exact) mass is 211 g/mol. The van der Waals surface area contributed by atoms with Gasteiger partial charge in [-0.3, -0.25) is 0 Å². The predicted molar refractivity (Wildman–Crippen MR) is 62.9 cm³/mol. The Kier molecular flexibility index (Phi) is 3.68. The van der Waals surface area contributed by atoms with E-state index in [0.717, 1.165) is 12.8 Å². The summed E-state index contributed by atoms with van der Waals surface area (Å²) in [6, 6.07) is 0.357. The van der Waals surface area contributed by atoms with E-state index in [1.165, 1.54) is 44.9 Å². The van der Waals surface area contributed by atoms with Gasteiger partial charge in [-0.25, -0.2) is 0 Å². The van der Waals surface area contributed by atoms with Gasteiger partial charge < -0.3 is 10.4 Å². The van der Waals surface area contributed by atoms with Crippen molar-refractivity contribution in [2.45, 2.75) is 82.4 Å². The van der Waals surface area contributed by atoms with E-state index in [4.69, 9.17) is 0 Å². The van der Waals surface area contributed by atoms with Gasteiger partial charge >= 0.3 is 0 Å². The van der Waals surface area contributed by atoms with E-state index < -0.39 is 0 Å². The van der Waals surface area contributed by atoms with E-state index in [-0.39, 0.29) is 6.10 Å². The highest BCUT2D eigenvalue weighted by Crippen LogP contribution is 2.31. The Labute approximate surface area is 93.5 Å². The second-order valence-corrected chi connectivity index (χ2v) is 5.72. The fourth-order valence-corrected chi connectivity index (χ4v) is 3.20. The number of hydrogen-bond donors (Lipinski definition) is 2. The van der Waals surface area contributed by atoms with Crippen LogP contribution in [0.4, 0.5) is 0 Å². The van der Waals surface area contributed by atoms with E-state index in [9.17, 15) is 5.11 Å². The molecular formula is C13H25NO. The van der Waals surface area contributed by atoms with E-state index in [1.54, 1.807) is 0 Å². The molecule has 0 spiro atoms. The van der Waals surface area contributed by atoms with Gasteiger partial charge in [-0.2, -0.15) is 0 Å². The maximum atomic E-state index is 10.1. The van der Waals surface area contributed by atoms with Crippen molar-refractivity contribution < 1.29 is 5.11 Å². The predicted octanol–water partition coefficient (Wildman–Crippen LogP) is 2.60. The quantitative estimate of drug-likeness (QED) is 0.688. The van der Waals surface area contributed by atoms with Crippen molar-refractivity contribution in [2.75, 3.05) is 0 Å². The molecule has 2 unspecified atom stereocenters. The standard InChI is InChI=1S/C13H25NO/c1-13(9-5-6-10-13)14-11-7-3-2-4-8-12(11)15/h11-12,14-15H,2-10H2,1H3. The van der Waals surface area contributed by atoms with Crippen molar-refractivity contribution in [3.63, 3.8) is 0 Å². The SMILES string of the molecule is CC1(NC2CCCCCC2O)CCCC1. The molecule has 2 nitrogen and oxygen atoms in total. The Morgan fingerprint density at radius 1 is 1.00 bits per heavy atom. The van der Waals surface area contributed by atoms with Gasteiger partial charge in [0, 0.05) is 11.6 Å². The number of rotatable bonds is 2. The molecule has 0 amide bonds. The highest BCUT2D eigenvalue weighted by molar-refractivity contribution is 4.93. The zero-order chi connectivity index (χ0) is 10.7. The molecule has 0 bridgehead atoms. The van der Waals surface area contributed by atoms with Gasteiger partial charge in [0.25, 0.3) is 0 Å². The van der Waals surface area contributed by atoms with Crippen molar-refractivity contribution in [1.29, 1.82) is 0 Å². The molecule has 2 N–H and O–H groups in total. The Hall–Kier alpha value is -0.0800. The summed E-state index contributed by atoms with van der Waals surface area (Å²) in [5.41, 5.74) is 0.315. The van der Waals surface area contributed by atoms with Crippen molar-refractivity contribution in [2.24, 2.45) is 0 Å². The summed E-state index contributed by atoms with van der Waals surface area (Å²) in [5, 5.41) is 13.8.